The van der Waals surface area contributed by atoms with Crippen molar-refractivity contribution in [3.63, 3.8) is 0 Å². The minimum Gasteiger partial charge on any atom is -0.464 e. The van der Waals surface area contributed by atoms with Crippen molar-refractivity contribution in [1.82, 2.24) is 0 Å². The lowest BCUT2D eigenvalue weighted by atomic mass is 9.67. The van der Waals surface area contributed by atoms with Crippen LogP contribution in [-0.4, -0.2) is 25.8 Å². The Kier molecular flexibility index (Phi) is 6.90. The van der Waals surface area contributed by atoms with Gasteiger partial charge in [-0.3, -0.25) is 0 Å². The number of ether oxygens (including phenoxy) is 2. The Labute approximate surface area is 112 Å². The molecule has 0 radical (unpaired) electrons. The van der Waals surface area contributed by atoms with E-state index in [-0.39, 0.29) is 23.4 Å². The summed E-state index contributed by atoms with van der Waals surface area (Å²) in [5.41, 5.74) is 0.347. The second-order valence-corrected chi connectivity index (χ2v) is 7.01. The van der Waals surface area contributed by atoms with Crippen LogP contribution in [0.2, 0.25) is 0 Å². The van der Waals surface area contributed by atoms with Gasteiger partial charge in [0.25, 0.3) is 0 Å². The highest BCUT2D eigenvalue weighted by atomic mass is 16.6. The van der Waals surface area contributed by atoms with Crippen LogP contribution in [0.15, 0.2) is 0 Å². The van der Waals surface area contributed by atoms with E-state index >= 15 is 0 Å². The molecule has 0 aliphatic rings. The van der Waals surface area contributed by atoms with Gasteiger partial charge in [-0.25, -0.2) is 4.79 Å². The molecular formula is C15H30O3. The van der Waals surface area contributed by atoms with Crippen LogP contribution in [-0.2, 0) is 14.3 Å². The minimum atomic E-state index is -0.264. The number of carbonyl (C=O) groups is 1. The first kappa shape index (κ1) is 17.4. The van der Waals surface area contributed by atoms with Crippen LogP contribution >= 0.6 is 0 Å². The van der Waals surface area contributed by atoms with Crippen molar-refractivity contribution in [2.24, 2.45) is 16.7 Å². The molecular weight excluding hydrogens is 228 g/mol. The molecule has 0 spiro atoms. The topological polar surface area (TPSA) is 35.5 Å². The van der Waals surface area contributed by atoms with Crippen LogP contribution in [0.25, 0.3) is 0 Å². The summed E-state index contributed by atoms with van der Waals surface area (Å²) in [6.07, 6.45) is 0.867. The Morgan fingerprint density at radius 1 is 1.11 bits per heavy atom. The SMILES string of the molecule is CC(C)COCC(=O)OCCC(C)(C)C(C)(C)C. The molecule has 0 saturated carbocycles. The number of esters is 1. The first-order chi connectivity index (χ1) is 8.06. The molecule has 0 fully saturated rings. The molecule has 108 valence electrons. The van der Waals surface area contributed by atoms with Crippen molar-refractivity contribution < 1.29 is 14.3 Å². The third-order valence-corrected chi connectivity index (χ3v) is 3.69. The van der Waals surface area contributed by atoms with E-state index in [1.165, 1.54) is 0 Å². The standard InChI is InChI=1S/C15H30O3/c1-12(2)10-17-11-13(16)18-9-8-15(6,7)14(3,4)5/h12H,8-11H2,1-7H3. The lowest BCUT2D eigenvalue weighted by Gasteiger charge is -2.38. The van der Waals surface area contributed by atoms with Crippen molar-refractivity contribution in [1.29, 1.82) is 0 Å². The Balaban J connectivity index is 3.81. The van der Waals surface area contributed by atoms with E-state index in [1.807, 2.05) is 0 Å². The molecule has 0 rings (SSSR count). The van der Waals surface area contributed by atoms with Crippen molar-refractivity contribution in [2.75, 3.05) is 19.8 Å². The second kappa shape index (κ2) is 7.13. The Morgan fingerprint density at radius 3 is 2.11 bits per heavy atom. The van der Waals surface area contributed by atoms with Gasteiger partial charge in [-0.05, 0) is 23.2 Å². The Hall–Kier alpha value is -0.570. The maximum absolute atomic E-state index is 11.4. The zero-order valence-electron chi connectivity index (χ0n) is 13.1. The van der Waals surface area contributed by atoms with Gasteiger partial charge in [0.15, 0.2) is 0 Å². The highest BCUT2D eigenvalue weighted by Crippen LogP contribution is 2.40. The van der Waals surface area contributed by atoms with Gasteiger partial charge in [-0.15, -0.1) is 0 Å². The zero-order chi connectivity index (χ0) is 14.4. The third kappa shape index (κ3) is 7.00. The van der Waals surface area contributed by atoms with E-state index in [4.69, 9.17) is 9.47 Å². The minimum absolute atomic E-state index is 0.0636. The monoisotopic (exact) mass is 258 g/mol. The van der Waals surface area contributed by atoms with Crippen LogP contribution in [0.4, 0.5) is 0 Å². The fourth-order valence-electron chi connectivity index (χ4n) is 1.21. The zero-order valence-corrected chi connectivity index (χ0v) is 13.1. The summed E-state index contributed by atoms with van der Waals surface area (Å²) in [5.74, 6) is 0.179. The van der Waals surface area contributed by atoms with Gasteiger partial charge < -0.3 is 9.47 Å². The average Bonchev–Trinajstić information content (AvgIpc) is 2.14. The number of carbonyl (C=O) groups excluding carboxylic acids is 1. The highest BCUT2D eigenvalue weighted by molar-refractivity contribution is 5.70. The fraction of sp³-hybridized carbons (Fsp3) is 0.933. The average molecular weight is 258 g/mol. The summed E-state index contributed by atoms with van der Waals surface area (Å²) < 4.78 is 10.4. The fourth-order valence-corrected chi connectivity index (χ4v) is 1.21. The molecule has 18 heavy (non-hydrogen) atoms. The smallest absolute Gasteiger partial charge is 0.332 e. The van der Waals surface area contributed by atoms with E-state index in [2.05, 4.69) is 48.5 Å². The number of hydrogen-bond donors (Lipinski definition) is 0. The van der Waals surface area contributed by atoms with Crippen LogP contribution in [0.5, 0.6) is 0 Å². The second-order valence-electron chi connectivity index (χ2n) is 7.01. The summed E-state index contributed by atoms with van der Waals surface area (Å²) in [4.78, 5) is 11.4. The van der Waals surface area contributed by atoms with Crippen LogP contribution in [0, 0.1) is 16.7 Å². The van der Waals surface area contributed by atoms with Gasteiger partial charge in [0.05, 0.1) is 6.61 Å². The molecule has 0 aliphatic carbocycles. The van der Waals surface area contributed by atoms with Gasteiger partial charge in [0, 0.05) is 6.61 Å². The summed E-state index contributed by atoms with van der Waals surface area (Å²) in [7, 11) is 0. The summed E-state index contributed by atoms with van der Waals surface area (Å²) in [6, 6.07) is 0. The number of rotatable bonds is 7. The van der Waals surface area contributed by atoms with E-state index < -0.39 is 0 Å². The molecule has 0 atom stereocenters. The Bertz CT molecular complexity index is 249. The molecule has 3 heteroatoms. The Morgan fingerprint density at radius 2 is 1.67 bits per heavy atom. The molecule has 0 heterocycles. The van der Waals surface area contributed by atoms with E-state index in [1.54, 1.807) is 0 Å². The van der Waals surface area contributed by atoms with Crippen molar-refractivity contribution in [3.8, 4) is 0 Å². The largest absolute Gasteiger partial charge is 0.464 e. The van der Waals surface area contributed by atoms with Gasteiger partial charge in [0.1, 0.15) is 6.61 Å². The lowest BCUT2D eigenvalue weighted by Crippen LogP contribution is -2.31. The van der Waals surface area contributed by atoms with Crippen molar-refractivity contribution >= 4 is 5.97 Å². The van der Waals surface area contributed by atoms with Gasteiger partial charge in [-0.1, -0.05) is 48.5 Å². The molecule has 0 N–H and O–H groups in total. The molecule has 0 saturated heterocycles. The summed E-state index contributed by atoms with van der Waals surface area (Å²) in [5, 5.41) is 0. The van der Waals surface area contributed by atoms with Crippen molar-refractivity contribution in [3.05, 3.63) is 0 Å². The summed E-state index contributed by atoms with van der Waals surface area (Å²) >= 11 is 0. The van der Waals surface area contributed by atoms with Crippen LogP contribution in [0.3, 0.4) is 0 Å². The molecule has 0 aromatic heterocycles. The molecule has 0 aromatic rings. The van der Waals surface area contributed by atoms with Gasteiger partial charge in [-0.2, -0.15) is 0 Å². The molecule has 0 unspecified atom stereocenters. The van der Waals surface area contributed by atoms with Crippen LogP contribution in [0.1, 0.15) is 54.9 Å². The molecule has 0 aliphatic heterocycles. The first-order valence-corrected chi connectivity index (χ1v) is 6.79. The van der Waals surface area contributed by atoms with Gasteiger partial charge in [0.2, 0.25) is 0 Å². The first-order valence-electron chi connectivity index (χ1n) is 6.79. The molecule has 0 bridgehead atoms. The number of hydrogen-bond acceptors (Lipinski definition) is 3. The molecule has 0 amide bonds. The quantitative estimate of drug-likeness (QED) is 0.654. The third-order valence-electron chi connectivity index (χ3n) is 3.69. The predicted molar refractivity (Wildman–Crippen MR) is 74.5 cm³/mol. The maximum atomic E-state index is 11.4. The van der Waals surface area contributed by atoms with E-state index in [0.29, 0.717) is 19.1 Å². The maximum Gasteiger partial charge on any atom is 0.332 e. The molecule has 0 aromatic carbocycles. The highest BCUT2D eigenvalue weighted by Gasteiger charge is 2.32. The lowest BCUT2D eigenvalue weighted by molar-refractivity contribution is -0.150. The van der Waals surface area contributed by atoms with Crippen molar-refractivity contribution in [2.45, 2.75) is 54.9 Å². The molecule has 3 nitrogen and oxygen atoms in total. The normalized spacial score (nSPS) is 12.9. The van der Waals surface area contributed by atoms with Gasteiger partial charge >= 0.3 is 5.97 Å². The van der Waals surface area contributed by atoms with E-state index in [0.717, 1.165) is 6.42 Å². The van der Waals surface area contributed by atoms with Crippen LogP contribution < -0.4 is 0 Å². The van der Waals surface area contributed by atoms with E-state index in [9.17, 15) is 4.79 Å². The summed E-state index contributed by atoms with van der Waals surface area (Å²) in [6.45, 7) is 16.3. The predicted octanol–water partition coefficient (Wildman–Crippen LogP) is 3.66.